The highest BCUT2D eigenvalue weighted by Crippen LogP contribution is 2.37. The Bertz CT molecular complexity index is 558. The minimum absolute atomic E-state index is 0.489. The van der Waals surface area contributed by atoms with E-state index < -0.39 is 0 Å². The van der Waals surface area contributed by atoms with E-state index in [1.807, 2.05) is 12.1 Å². The number of hydrogen-bond acceptors (Lipinski definition) is 1. The van der Waals surface area contributed by atoms with E-state index in [4.69, 9.17) is 34.8 Å². The summed E-state index contributed by atoms with van der Waals surface area (Å²) in [5, 5.41) is 4.03. The first-order valence-corrected chi connectivity index (χ1v) is 6.20. The lowest BCUT2D eigenvalue weighted by Gasteiger charge is -2.08. The first kappa shape index (κ1) is 13.2. The molecule has 0 spiro atoms. The van der Waals surface area contributed by atoms with Crippen molar-refractivity contribution in [2.24, 2.45) is 0 Å². The third-order valence-electron chi connectivity index (χ3n) is 2.41. The maximum Gasteiger partial charge on any atom is 0.211 e. The topological polar surface area (TPSA) is 29.1 Å². The summed E-state index contributed by atoms with van der Waals surface area (Å²) in [5.41, 5.74) is 2.29. The molecule has 0 aliphatic carbocycles. The zero-order chi connectivity index (χ0) is 13.1. The van der Waals surface area contributed by atoms with Crippen molar-refractivity contribution >= 4 is 46.9 Å². The third-order valence-corrected chi connectivity index (χ3v) is 3.22. The van der Waals surface area contributed by atoms with Gasteiger partial charge in [0.25, 0.3) is 0 Å². The number of anilines is 1. The van der Waals surface area contributed by atoms with Gasteiger partial charge in [-0.05, 0) is 29.8 Å². The van der Waals surface area contributed by atoms with E-state index >= 15 is 0 Å². The van der Waals surface area contributed by atoms with Gasteiger partial charge >= 0.3 is 0 Å². The third kappa shape index (κ3) is 2.78. The van der Waals surface area contributed by atoms with E-state index in [1.165, 1.54) is 0 Å². The molecule has 2 aromatic carbocycles. The van der Waals surface area contributed by atoms with Crippen molar-refractivity contribution in [2.75, 3.05) is 5.32 Å². The predicted molar refractivity (Wildman–Crippen MR) is 76.6 cm³/mol. The minimum atomic E-state index is 0.489. The smallest absolute Gasteiger partial charge is 0.211 e. The Morgan fingerprint density at radius 3 is 2.00 bits per heavy atom. The number of benzene rings is 2. The molecule has 2 nitrogen and oxygen atoms in total. The highest BCUT2D eigenvalue weighted by molar-refractivity contribution is 6.41. The Morgan fingerprint density at radius 2 is 1.50 bits per heavy atom. The molecule has 0 saturated carbocycles. The van der Waals surface area contributed by atoms with Gasteiger partial charge in [-0.25, -0.2) is 0 Å². The lowest BCUT2D eigenvalue weighted by Crippen LogP contribution is -1.92. The Kier molecular flexibility index (Phi) is 4.12. The zero-order valence-corrected chi connectivity index (χ0v) is 11.4. The van der Waals surface area contributed by atoms with Crippen molar-refractivity contribution in [3.63, 3.8) is 0 Å². The van der Waals surface area contributed by atoms with Crippen LogP contribution in [0.25, 0.3) is 11.1 Å². The Balaban J connectivity index is 2.45. The van der Waals surface area contributed by atoms with Crippen molar-refractivity contribution in [3.05, 3.63) is 51.5 Å². The molecule has 1 amide bonds. The second kappa shape index (κ2) is 5.61. The predicted octanol–water partition coefficient (Wildman–Crippen LogP) is 4.88. The van der Waals surface area contributed by atoms with Crippen LogP contribution in [0.3, 0.4) is 0 Å². The van der Waals surface area contributed by atoms with E-state index in [0.717, 1.165) is 11.1 Å². The number of hydrogen-bond donors (Lipinski definition) is 1. The fourth-order valence-corrected chi connectivity index (χ4v) is 2.65. The van der Waals surface area contributed by atoms with Gasteiger partial charge in [0.15, 0.2) is 0 Å². The van der Waals surface area contributed by atoms with Gasteiger partial charge in [0, 0.05) is 16.3 Å². The number of amides is 1. The number of halogens is 3. The maximum atomic E-state index is 10.3. The van der Waals surface area contributed by atoms with Crippen molar-refractivity contribution in [3.8, 4) is 11.1 Å². The van der Waals surface area contributed by atoms with Gasteiger partial charge in [0.1, 0.15) is 0 Å². The molecule has 1 N–H and O–H groups in total. The van der Waals surface area contributed by atoms with E-state index in [2.05, 4.69) is 5.32 Å². The SMILES string of the molecule is O=CNc1ccc(-c2c(Cl)cc(Cl)cc2Cl)cc1. The van der Waals surface area contributed by atoms with Gasteiger partial charge in [0.2, 0.25) is 6.41 Å². The van der Waals surface area contributed by atoms with Crippen LogP contribution in [0.4, 0.5) is 5.69 Å². The largest absolute Gasteiger partial charge is 0.329 e. The molecule has 0 aliphatic heterocycles. The molecular weight excluding hydrogens is 293 g/mol. The molecule has 0 radical (unpaired) electrons. The van der Waals surface area contributed by atoms with Crippen molar-refractivity contribution in [1.82, 2.24) is 0 Å². The molecule has 0 unspecified atom stereocenters. The molecule has 0 saturated heterocycles. The summed E-state index contributed by atoms with van der Waals surface area (Å²) in [7, 11) is 0. The van der Waals surface area contributed by atoms with E-state index in [9.17, 15) is 4.79 Å². The maximum absolute atomic E-state index is 10.3. The zero-order valence-electron chi connectivity index (χ0n) is 9.08. The Labute approximate surface area is 119 Å². The molecule has 0 aromatic heterocycles. The summed E-state index contributed by atoms with van der Waals surface area (Å²) in [4.78, 5) is 10.3. The fraction of sp³-hybridized carbons (Fsp3) is 0. The highest BCUT2D eigenvalue weighted by atomic mass is 35.5. The van der Waals surface area contributed by atoms with Crippen LogP contribution in [-0.4, -0.2) is 6.41 Å². The second-order valence-electron chi connectivity index (χ2n) is 3.58. The van der Waals surface area contributed by atoms with Gasteiger partial charge in [-0.3, -0.25) is 4.79 Å². The lowest BCUT2D eigenvalue weighted by atomic mass is 10.1. The monoisotopic (exact) mass is 299 g/mol. The summed E-state index contributed by atoms with van der Waals surface area (Å²) in [6.45, 7) is 0. The molecule has 0 atom stereocenters. The van der Waals surface area contributed by atoms with Crippen LogP contribution >= 0.6 is 34.8 Å². The van der Waals surface area contributed by atoms with E-state index in [-0.39, 0.29) is 0 Å². The molecule has 2 rings (SSSR count). The van der Waals surface area contributed by atoms with Crippen LogP contribution in [0.2, 0.25) is 15.1 Å². The second-order valence-corrected chi connectivity index (χ2v) is 4.83. The molecule has 5 heteroatoms. The number of nitrogens with one attached hydrogen (secondary N) is 1. The quantitative estimate of drug-likeness (QED) is 0.804. The summed E-state index contributed by atoms with van der Waals surface area (Å²) < 4.78 is 0. The molecule has 18 heavy (non-hydrogen) atoms. The molecular formula is C13H8Cl3NO. The van der Waals surface area contributed by atoms with Crippen LogP contribution in [0.1, 0.15) is 0 Å². The molecule has 0 aliphatic rings. The van der Waals surface area contributed by atoms with Crippen molar-refractivity contribution in [1.29, 1.82) is 0 Å². The number of carbonyl (C=O) groups excluding carboxylic acids is 1. The lowest BCUT2D eigenvalue weighted by molar-refractivity contribution is -0.105. The van der Waals surface area contributed by atoms with Crippen LogP contribution in [0.5, 0.6) is 0 Å². The van der Waals surface area contributed by atoms with Crippen LogP contribution in [0, 0.1) is 0 Å². The first-order chi connectivity index (χ1) is 8.61. The van der Waals surface area contributed by atoms with Gasteiger partial charge in [-0.2, -0.15) is 0 Å². The average molecular weight is 301 g/mol. The Hall–Kier alpha value is -1.22. The van der Waals surface area contributed by atoms with E-state index in [0.29, 0.717) is 27.2 Å². The minimum Gasteiger partial charge on any atom is -0.329 e. The molecule has 0 heterocycles. The summed E-state index contributed by atoms with van der Waals surface area (Å²) >= 11 is 18.1. The van der Waals surface area contributed by atoms with Crippen molar-refractivity contribution in [2.45, 2.75) is 0 Å². The van der Waals surface area contributed by atoms with Gasteiger partial charge < -0.3 is 5.32 Å². The van der Waals surface area contributed by atoms with Crippen molar-refractivity contribution < 1.29 is 4.79 Å². The fourth-order valence-electron chi connectivity index (χ4n) is 1.62. The number of carbonyl (C=O) groups is 1. The molecule has 0 fully saturated rings. The Morgan fingerprint density at radius 1 is 0.944 bits per heavy atom. The summed E-state index contributed by atoms with van der Waals surface area (Å²) in [6, 6.07) is 10.5. The van der Waals surface area contributed by atoms with Gasteiger partial charge in [0.05, 0.1) is 10.0 Å². The van der Waals surface area contributed by atoms with E-state index in [1.54, 1.807) is 24.3 Å². The standard InChI is InChI=1S/C13H8Cl3NO/c14-9-5-11(15)13(12(16)6-9)8-1-3-10(4-2-8)17-7-18/h1-7H,(H,17,18). The summed E-state index contributed by atoms with van der Waals surface area (Å²) in [6.07, 6.45) is 0.622. The molecule has 2 aromatic rings. The van der Waals surface area contributed by atoms with Crippen LogP contribution in [-0.2, 0) is 4.79 Å². The first-order valence-electron chi connectivity index (χ1n) is 5.07. The number of rotatable bonds is 3. The van der Waals surface area contributed by atoms with Crippen LogP contribution < -0.4 is 5.32 Å². The van der Waals surface area contributed by atoms with Gasteiger partial charge in [-0.1, -0.05) is 46.9 Å². The molecule has 0 bridgehead atoms. The molecule has 92 valence electrons. The van der Waals surface area contributed by atoms with Gasteiger partial charge in [-0.15, -0.1) is 0 Å². The summed E-state index contributed by atoms with van der Waals surface area (Å²) in [5.74, 6) is 0. The average Bonchev–Trinajstić information content (AvgIpc) is 2.30. The highest BCUT2D eigenvalue weighted by Gasteiger charge is 2.10. The normalized spacial score (nSPS) is 10.2. The van der Waals surface area contributed by atoms with Crippen LogP contribution in [0.15, 0.2) is 36.4 Å².